The summed E-state index contributed by atoms with van der Waals surface area (Å²) in [6.45, 7) is -0.342. The number of anilines is 1. The summed E-state index contributed by atoms with van der Waals surface area (Å²) in [6.07, 6.45) is 2.12. The lowest BCUT2D eigenvalue weighted by Crippen LogP contribution is -2.22. The molecule has 1 aromatic carbocycles. The molecule has 8 nitrogen and oxygen atoms in total. The van der Waals surface area contributed by atoms with Gasteiger partial charge in [-0.15, -0.1) is 0 Å². The fourth-order valence-electron chi connectivity index (χ4n) is 1.69. The van der Waals surface area contributed by atoms with Crippen LogP contribution in [0.3, 0.4) is 0 Å². The average molecular weight is 305 g/mol. The van der Waals surface area contributed by atoms with Crippen molar-refractivity contribution < 1.29 is 19.9 Å². The second kappa shape index (κ2) is 7.34. The lowest BCUT2D eigenvalue weighted by molar-refractivity contribution is -0.384. The first kappa shape index (κ1) is 15.7. The van der Waals surface area contributed by atoms with Gasteiger partial charge in [-0.25, -0.2) is 0 Å². The Balaban J connectivity index is 2.21. The number of pyridine rings is 1. The summed E-state index contributed by atoms with van der Waals surface area (Å²) in [5, 5.41) is 31.9. The van der Waals surface area contributed by atoms with Crippen molar-refractivity contribution in [3.05, 3.63) is 52.8 Å². The van der Waals surface area contributed by atoms with Crippen LogP contribution in [-0.4, -0.2) is 39.4 Å². The van der Waals surface area contributed by atoms with Gasteiger partial charge in [0.1, 0.15) is 11.5 Å². The zero-order valence-electron chi connectivity index (χ0n) is 11.5. The second-order valence-electron chi connectivity index (χ2n) is 4.48. The van der Waals surface area contributed by atoms with Crippen molar-refractivity contribution in [2.24, 2.45) is 0 Å². The number of aliphatic hydroxyl groups excluding tert-OH is 2. The van der Waals surface area contributed by atoms with E-state index in [0.29, 0.717) is 11.4 Å². The molecule has 2 aromatic rings. The summed E-state index contributed by atoms with van der Waals surface area (Å²) in [4.78, 5) is 14.3. The van der Waals surface area contributed by atoms with Crippen LogP contribution in [0.15, 0.2) is 42.7 Å². The third-order valence-electron chi connectivity index (χ3n) is 2.72. The van der Waals surface area contributed by atoms with Gasteiger partial charge in [-0.05, 0) is 12.1 Å². The Hall–Kier alpha value is -2.71. The Kier molecular flexibility index (Phi) is 5.23. The standard InChI is InChI=1S/C14H15N3O5/c18-9-12(19)7-16-10-4-11(17(20)21)6-14(5-10)22-13-2-1-3-15-8-13/h1-6,8,12,16,18-19H,7,9H2. The van der Waals surface area contributed by atoms with Gasteiger partial charge in [0, 0.05) is 30.6 Å². The van der Waals surface area contributed by atoms with Gasteiger partial charge in [0.15, 0.2) is 0 Å². The highest BCUT2D eigenvalue weighted by atomic mass is 16.6. The molecular weight excluding hydrogens is 290 g/mol. The Morgan fingerprint density at radius 3 is 2.82 bits per heavy atom. The van der Waals surface area contributed by atoms with Crippen LogP contribution < -0.4 is 10.1 Å². The molecule has 8 heteroatoms. The Morgan fingerprint density at radius 2 is 2.18 bits per heavy atom. The minimum atomic E-state index is -0.957. The van der Waals surface area contributed by atoms with E-state index in [2.05, 4.69) is 10.3 Å². The van der Waals surface area contributed by atoms with Gasteiger partial charge in [-0.1, -0.05) is 0 Å². The second-order valence-corrected chi connectivity index (χ2v) is 4.48. The quantitative estimate of drug-likeness (QED) is 0.524. The van der Waals surface area contributed by atoms with Gasteiger partial charge in [0.05, 0.1) is 29.9 Å². The molecule has 22 heavy (non-hydrogen) atoms. The third-order valence-corrected chi connectivity index (χ3v) is 2.72. The molecule has 0 spiro atoms. The molecule has 1 unspecified atom stereocenters. The molecule has 0 aliphatic rings. The molecule has 0 amide bonds. The van der Waals surface area contributed by atoms with Gasteiger partial charge in [-0.2, -0.15) is 0 Å². The molecule has 116 valence electrons. The van der Waals surface area contributed by atoms with E-state index in [-0.39, 0.29) is 18.0 Å². The fraction of sp³-hybridized carbons (Fsp3) is 0.214. The molecule has 1 atom stereocenters. The van der Waals surface area contributed by atoms with E-state index in [4.69, 9.17) is 9.84 Å². The maximum Gasteiger partial charge on any atom is 0.275 e. The van der Waals surface area contributed by atoms with Crippen molar-refractivity contribution in [3.63, 3.8) is 0 Å². The Labute approximate surface area is 126 Å². The van der Waals surface area contributed by atoms with E-state index >= 15 is 0 Å². The van der Waals surface area contributed by atoms with E-state index in [1.54, 1.807) is 24.4 Å². The molecule has 0 bridgehead atoms. The Morgan fingerprint density at radius 1 is 1.36 bits per heavy atom. The first-order valence-electron chi connectivity index (χ1n) is 6.48. The summed E-state index contributed by atoms with van der Waals surface area (Å²) in [5.41, 5.74) is 0.253. The largest absolute Gasteiger partial charge is 0.455 e. The predicted molar refractivity (Wildman–Crippen MR) is 79.0 cm³/mol. The lowest BCUT2D eigenvalue weighted by atomic mass is 10.2. The molecule has 0 radical (unpaired) electrons. The molecule has 0 aliphatic heterocycles. The summed E-state index contributed by atoms with van der Waals surface area (Å²) in [5.74, 6) is 0.715. The number of non-ortho nitro benzene ring substituents is 1. The van der Waals surface area contributed by atoms with Crippen molar-refractivity contribution in [2.75, 3.05) is 18.5 Å². The Bertz CT molecular complexity index is 636. The molecule has 0 saturated carbocycles. The van der Waals surface area contributed by atoms with Crippen LogP contribution >= 0.6 is 0 Å². The number of benzene rings is 1. The third kappa shape index (κ3) is 4.40. The van der Waals surface area contributed by atoms with E-state index in [0.717, 1.165) is 0 Å². The monoisotopic (exact) mass is 305 g/mol. The minimum Gasteiger partial charge on any atom is -0.455 e. The molecule has 2 rings (SSSR count). The smallest absolute Gasteiger partial charge is 0.275 e. The number of hydrogen-bond acceptors (Lipinski definition) is 7. The SMILES string of the molecule is O=[N+]([O-])c1cc(NCC(O)CO)cc(Oc2cccnc2)c1. The van der Waals surface area contributed by atoms with Crippen LogP contribution in [0.25, 0.3) is 0 Å². The van der Waals surface area contributed by atoms with Crippen molar-refractivity contribution in [1.29, 1.82) is 0 Å². The topological polar surface area (TPSA) is 118 Å². The molecule has 0 saturated heterocycles. The van der Waals surface area contributed by atoms with Gasteiger partial charge in [-0.3, -0.25) is 15.1 Å². The highest BCUT2D eigenvalue weighted by molar-refractivity contribution is 5.57. The number of ether oxygens (including phenoxy) is 1. The number of nitro benzene ring substituents is 1. The van der Waals surface area contributed by atoms with Crippen molar-refractivity contribution >= 4 is 11.4 Å². The molecule has 0 fully saturated rings. The van der Waals surface area contributed by atoms with Crippen molar-refractivity contribution in [3.8, 4) is 11.5 Å². The van der Waals surface area contributed by atoms with Crippen LogP contribution in [0.5, 0.6) is 11.5 Å². The van der Waals surface area contributed by atoms with E-state index in [1.165, 1.54) is 18.3 Å². The number of nitrogens with zero attached hydrogens (tertiary/aromatic N) is 2. The van der Waals surface area contributed by atoms with Gasteiger partial charge in [0.25, 0.3) is 5.69 Å². The van der Waals surface area contributed by atoms with E-state index in [1.807, 2.05) is 0 Å². The van der Waals surface area contributed by atoms with Crippen molar-refractivity contribution in [1.82, 2.24) is 4.98 Å². The summed E-state index contributed by atoms with van der Waals surface area (Å²) < 4.78 is 5.52. The maximum absolute atomic E-state index is 11.0. The van der Waals surface area contributed by atoms with Crippen LogP contribution in [0.1, 0.15) is 0 Å². The summed E-state index contributed by atoms with van der Waals surface area (Å²) >= 11 is 0. The molecule has 1 heterocycles. The van der Waals surface area contributed by atoms with Crippen LogP contribution in [-0.2, 0) is 0 Å². The van der Waals surface area contributed by atoms with Crippen LogP contribution in [0.2, 0.25) is 0 Å². The van der Waals surface area contributed by atoms with Gasteiger partial charge < -0.3 is 20.3 Å². The van der Waals surface area contributed by atoms with Gasteiger partial charge in [0.2, 0.25) is 0 Å². The highest BCUT2D eigenvalue weighted by Crippen LogP contribution is 2.29. The first-order valence-corrected chi connectivity index (χ1v) is 6.48. The van der Waals surface area contributed by atoms with E-state index in [9.17, 15) is 15.2 Å². The first-order chi connectivity index (χ1) is 10.6. The zero-order chi connectivity index (χ0) is 15.9. The molecular formula is C14H15N3O5. The van der Waals surface area contributed by atoms with Gasteiger partial charge >= 0.3 is 0 Å². The zero-order valence-corrected chi connectivity index (χ0v) is 11.5. The number of rotatable bonds is 7. The number of aliphatic hydroxyl groups is 2. The minimum absolute atomic E-state index is 0.0595. The number of hydrogen-bond donors (Lipinski definition) is 3. The highest BCUT2D eigenvalue weighted by Gasteiger charge is 2.12. The number of nitrogens with one attached hydrogen (secondary N) is 1. The molecule has 3 N–H and O–H groups in total. The lowest BCUT2D eigenvalue weighted by Gasteiger charge is -2.12. The summed E-state index contributed by atoms with van der Waals surface area (Å²) in [6, 6.07) is 7.53. The maximum atomic E-state index is 11.0. The molecule has 0 aliphatic carbocycles. The fourth-order valence-corrected chi connectivity index (χ4v) is 1.69. The van der Waals surface area contributed by atoms with Crippen LogP contribution in [0.4, 0.5) is 11.4 Å². The number of nitro groups is 1. The normalized spacial score (nSPS) is 11.7. The molecule has 1 aromatic heterocycles. The van der Waals surface area contributed by atoms with E-state index < -0.39 is 17.6 Å². The van der Waals surface area contributed by atoms with Crippen LogP contribution in [0, 0.1) is 10.1 Å². The van der Waals surface area contributed by atoms with Crippen molar-refractivity contribution in [2.45, 2.75) is 6.10 Å². The summed E-state index contributed by atoms with van der Waals surface area (Å²) in [7, 11) is 0. The average Bonchev–Trinajstić information content (AvgIpc) is 2.53. The number of aromatic nitrogens is 1. The predicted octanol–water partition coefficient (Wildman–Crippen LogP) is 1.55.